The maximum Gasteiger partial charge on any atom is 0.0349 e. The molecular weight excluding hydrogens is 218 g/mol. The SMILES string of the molecule is CC(=Cc1ccccc1)C(N)=Cc1ccccc1. The Morgan fingerprint density at radius 2 is 1.22 bits per heavy atom. The summed E-state index contributed by atoms with van der Waals surface area (Å²) in [6.45, 7) is 2.03. The first-order chi connectivity index (χ1) is 8.75. The first-order valence-electron chi connectivity index (χ1n) is 6.01. The molecule has 0 spiro atoms. The van der Waals surface area contributed by atoms with Gasteiger partial charge in [-0.3, -0.25) is 0 Å². The van der Waals surface area contributed by atoms with E-state index in [-0.39, 0.29) is 0 Å². The van der Waals surface area contributed by atoms with Gasteiger partial charge in [0.1, 0.15) is 0 Å². The van der Waals surface area contributed by atoms with Crippen molar-refractivity contribution >= 4 is 12.2 Å². The van der Waals surface area contributed by atoms with Crippen LogP contribution in [-0.4, -0.2) is 0 Å². The van der Waals surface area contributed by atoms with Crippen LogP contribution in [0.5, 0.6) is 0 Å². The summed E-state index contributed by atoms with van der Waals surface area (Å²) in [5, 5.41) is 0. The van der Waals surface area contributed by atoms with E-state index in [2.05, 4.69) is 18.2 Å². The van der Waals surface area contributed by atoms with E-state index in [0.29, 0.717) is 0 Å². The van der Waals surface area contributed by atoms with Crippen LogP contribution in [0.15, 0.2) is 71.9 Å². The number of benzene rings is 2. The van der Waals surface area contributed by atoms with Gasteiger partial charge in [0, 0.05) is 5.70 Å². The monoisotopic (exact) mass is 235 g/mol. The van der Waals surface area contributed by atoms with Crippen molar-refractivity contribution < 1.29 is 0 Å². The van der Waals surface area contributed by atoms with Gasteiger partial charge >= 0.3 is 0 Å². The van der Waals surface area contributed by atoms with E-state index in [0.717, 1.165) is 16.8 Å². The van der Waals surface area contributed by atoms with Gasteiger partial charge in [-0.25, -0.2) is 0 Å². The molecule has 0 amide bonds. The maximum atomic E-state index is 6.09. The number of rotatable bonds is 3. The van der Waals surface area contributed by atoms with E-state index in [1.165, 1.54) is 5.56 Å². The van der Waals surface area contributed by atoms with Crippen LogP contribution in [-0.2, 0) is 0 Å². The van der Waals surface area contributed by atoms with Gasteiger partial charge in [-0.2, -0.15) is 0 Å². The maximum absolute atomic E-state index is 6.09. The third kappa shape index (κ3) is 3.36. The molecule has 0 radical (unpaired) electrons. The molecule has 0 fully saturated rings. The molecule has 1 nitrogen and oxygen atoms in total. The predicted octanol–water partition coefficient (Wildman–Crippen LogP) is 4.09. The summed E-state index contributed by atoms with van der Waals surface area (Å²) >= 11 is 0. The average molecular weight is 235 g/mol. The lowest BCUT2D eigenvalue weighted by Gasteiger charge is -2.02. The van der Waals surface area contributed by atoms with E-state index < -0.39 is 0 Å². The second-order valence-corrected chi connectivity index (χ2v) is 4.25. The van der Waals surface area contributed by atoms with Crippen LogP contribution in [0, 0.1) is 0 Å². The zero-order valence-electron chi connectivity index (χ0n) is 10.5. The third-order valence-electron chi connectivity index (χ3n) is 2.76. The molecule has 0 atom stereocenters. The molecule has 1 heteroatoms. The quantitative estimate of drug-likeness (QED) is 0.797. The number of allylic oxidation sites excluding steroid dienone is 1. The van der Waals surface area contributed by atoms with Crippen molar-refractivity contribution in [1.82, 2.24) is 0 Å². The Balaban J connectivity index is 2.21. The summed E-state index contributed by atoms with van der Waals surface area (Å²) in [5.41, 5.74) is 10.2. The lowest BCUT2D eigenvalue weighted by molar-refractivity contribution is 1.33. The molecular formula is C17H17N. The van der Waals surface area contributed by atoms with E-state index in [1.54, 1.807) is 0 Å². The fourth-order valence-corrected chi connectivity index (χ4v) is 1.73. The molecule has 0 heterocycles. The van der Waals surface area contributed by atoms with Crippen molar-refractivity contribution in [1.29, 1.82) is 0 Å². The Bertz CT molecular complexity index is 497. The van der Waals surface area contributed by atoms with E-state index >= 15 is 0 Å². The second-order valence-electron chi connectivity index (χ2n) is 4.25. The third-order valence-corrected chi connectivity index (χ3v) is 2.76. The molecule has 0 aliphatic carbocycles. The highest BCUT2D eigenvalue weighted by Gasteiger charge is 1.95. The molecule has 0 aliphatic heterocycles. The topological polar surface area (TPSA) is 26.0 Å². The molecule has 2 aromatic carbocycles. The minimum atomic E-state index is 0.796. The lowest BCUT2D eigenvalue weighted by Crippen LogP contribution is -1.98. The van der Waals surface area contributed by atoms with Gasteiger partial charge in [0.25, 0.3) is 0 Å². The van der Waals surface area contributed by atoms with E-state index in [1.807, 2.05) is 61.5 Å². The summed E-state index contributed by atoms with van der Waals surface area (Å²) in [7, 11) is 0. The van der Waals surface area contributed by atoms with Gasteiger partial charge in [0.15, 0.2) is 0 Å². The van der Waals surface area contributed by atoms with Crippen molar-refractivity contribution in [3.05, 3.63) is 83.1 Å². The highest BCUT2D eigenvalue weighted by molar-refractivity contribution is 5.64. The van der Waals surface area contributed by atoms with Gasteiger partial charge in [0.2, 0.25) is 0 Å². The Hall–Kier alpha value is -2.28. The van der Waals surface area contributed by atoms with Crippen molar-refractivity contribution in [2.75, 3.05) is 0 Å². The first kappa shape index (κ1) is 12.2. The number of hydrogen-bond acceptors (Lipinski definition) is 1. The summed E-state index contributed by atoms with van der Waals surface area (Å²) in [5.74, 6) is 0. The molecule has 0 aliphatic rings. The van der Waals surface area contributed by atoms with Gasteiger partial charge in [0.05, 0.1) is 0 Å². The van der Waals surface area contributed by atoms with Crippen molar-refractivity contribution in [3.8, 4) is 0 Å². The zero-order chi connectivity index (χ0) is 12.8. The highest BCUT2D eigenvalue weighted by Crippen LogP contribution is 2.13. The molecule has 2 aromatic rings. The fourth-order valence-electron chi connectivity index (χ4n) is 1.73. The molecule has 0 bridgehead atoms. The molecule has 0 unspecified atom stereocenters. The normalized spacial score (nSPS) is 12.5. The van der Waals surface area contributed by atoms with Gasteiger partial charge < -0.3 is 5.73 Å². The summed E-state index contributed by atoms with van der Waals surface area (Å²) in [6, 6.07) is 20.3. The Labute approximate surface area is 108 Å². The summed E-state index contributed by atoms with van der Waals surface area (Å²) in [4.78, 5) is 0. The van der Waals surface area contributed by atoms with Gasteiger partial charge in [-0.05, 0) is 35.8 Å². The standard InChI is InChI=1S/C17H17N/c1-14(12-15-8-4-2-5-9-15)17(18)13-16-10-6-3-7-11-16/h2-13H,18H2,1H3. The highest BCUT2D eigenvalue weighted by atomic mass is 14.6. The van der Waals surface area contributed by atoms with Crippen LogP contribution >= 0.6 is 0 Å². The number of nitrogens with two attached hydrogens (primary N) is 1. The number of hydrogen-bond donors (Lipinski definition) is 1. The van der Waals surface area contributed by atoms with E-state index in [9.17, 15) is 0 Å². The Morgan fingerprint density at radius 1 is 0.778 bits per heavy atom. The molecule has 18 heavy (non-hydrogen) atoms. The molecule has 90 valence electrons. The van der Waals surface area contributed by atoms with Gasteiger partial charge in [-0.15, -0.1) is 0 Å². The van der Waals surface area contributed by atoms with Crippen molar-refractivity contribution in [2.45, 2.75) is 6.92 Å². The largest absolute Gasteiger partial charge is 0.398 e. The summed E-state index contributed by atoms with van der Waals surface area (Å²) in [6.07, 6.45) is 4.09. The smallest absolute Gasteiger partial charge is 0.0349 e. The molecule has 2 N–H and O–H groups in total. The molecule has 2 rings (SSSR count). The fraction of sp³-hybridized carbons (Fsp3) is 0.0588. The van der Waals surface area contributed by atoms with Crippen molar-refractivity contribution in [3.63, 3.8) is 0 Å². The van der Waals surface area contributed by atoms with Crippen LogP contribution in [0.3, 0.4) is 0 Å². The van der Waals surface area contributed by atoms with Gasteiger partial charge in [-0.1, -0.05) is 60.7 Å². The van der Waals surface area contributed by atoms with Crippen LogP contribution < -0.4 is 5.73 Å². The van der Waals surface area contributed by atoms with Crippen LogP contribution in [0.4, 0.5) is 0 Å². The summed E-state index contributed by atoms with van der Waals surface area (Å²) < 4.78 is 0. The van der Waals surface area contributed by atoms with Crippen LogP contribution in [0.25, 0.3) is 12.2 Å². The van der Waals surface area contributed by atoms with E-state index in [4.69, 9.17) is 5.73 Å². The van der Waals surface area contributed by atoms with Crippen molar-refractivity contribution in [2.24, 2.45) is 5.73 Å². The zero-order valence-corrected chi connectivity index (χ0v) is 10.5. The lowest BCUT2D eigenvalue weighted by atomic mass is 10.1. The van der Waals surface area contributed by atoms with Crippen LogP contribution in [0.2, 0.25) is 0 Å². The minimum absolute atomic E-state index is 0.796. The Kier molecular flexibility index (Phi) is 3.98. The Morgan fingerprint density at radius 3 is 1.72 bits per heavy atom. The minimum Gasteiger partial charge on any atom is -0.398 e. The predicted molar refractivity (Wildman–Crippen MR) is 78.7 cm³/mol. The molecule has 0 saturated carbocycles. The molecule has 0 saturated heterocycles. The second kappa shape index (κ2) is 5.87. The first-order valence-corrected chi connectivity index (χ1v) is 6.01. The average Bonchev–Trinajstić information content (AvgIpc) is 2.41. The molecule has 0 aromatic heterocycles. The van der Waals surface area contributed by atoms with Crippen LogP contribution in [0.1, 0.15) is 18.1 Å².